The molecule has 0 aliphatic carbocycles. The van der Waals surface area contributed by atoms with Gasteiger partial charge in [-0.25, -0.2) is 4.79 Å². The Labute approximate surface area is 146 Å². The molecule has 0 bridgehead atoms. The molecule has 0 aliphatic heterocycles. The summed E-state index contributed by atoms with van der Waals surface area (Å²) in [5.74, 6) is -0.295. The van der Waals surface area contributed by atoms with Gasteiger partial charge in [-0.15, -0.1) is 0 Å². The molecule has 1 aromatic carbocycles. The van der Waals surface area contributed by atoms with Crippen LogP contribution in [0.4, 0.5) is 5.69 Å². The topological polar surface area (TPSA) is 47.6 Å². The number of hydrogen-bond donors (Lipinski definition) is 1. The number of carbonyl (C=O) groups excluding carboxylic acids is 1. The van der Waals surface area contributed by atoms with Crippen molar-refractivity contribution in [2.24, 2.45) is 0 Å². The summed E-state index contributed by atoms with van der Waals surface area (Å²) in [6, 6.07) is 7.45. The van der Waals surface area contributed by atoms with Crippen LogP contribution in [-0.2, 0) is 9.47 Å². The number of anilines is 1. The van der Waals surface area contributed by atoms with E-state index in [2.05, 4.69) is 12.2 Å². The van der Waals surface area contributed by atoms with Crippen LogP contribution in [0, 0.1) is 0 Å². The predicted octanol–water partition coefficient (Wildman–Crippen LogP) is 5.04. The lowest BCUT2D eigenvalue weighted by Gasteiger charge is -2.27. The minimum atomic E-state index is -0.555. The van der Waals surface area contributed by atoms with E-state index in [-0.39, 0.29) is 11.6 Å². The molecule has 0 atom stereocenters. The Morgan fingerprint density at radius 1 is 1.08 bits per heavy atom. The largest absolute Gasteiger partial charge is 0.456 e. The predicted molar refractivity (Wildman–Crippen MR) is 99.7 cm³/mol. The first-order chi connectivity index (χ1) is 11.1. The molecule has 136 valence electrons. The van der Waals surface area contributed by atoms with Gasteiger partial charge >= 0.3 is 5.97 Å². The summed E-state index contributed by atoms with van der Waals surface area (Å²) in [4.78, 5) is 12.3. The molecule has 0 fully saturated rings. The average Bonchev–Trinajstić information content (AvgIpc) is 2.46. The van der Waals surface area contributed by atoms with Crippen molar-refractivity contribution < 1.29 is 14.3 Å². The van der Waals surface area contributed by atoms with E-state index in [0.29, 0.717) is 18.6 Å². The molecular weight excluding hydrogens is 302 g/mol. The van der Waals surface area contributed by atoms with Crippen LogP contribution in [0.2, 0.25) is 0 Å². The van der Waals surface area contributed by atoms with Crippen molar-refractivity contribution in [1.29, 1.82) is 0 Å². The highest BCUT2D eigenvalue weighted by Crippen LogP contribution is 2.20. The van der Waals surface area contributed by atoms with Gasteiger partial charge in [0.15, 0.2) is 0 Å². The fourth-order valence-electron chi connectivity index (χ4n) is 2.10. The van der Waals surface area contributed by atoms with Gasteiger partial charge in [0.25, 0.3) is 0 Å². The van der Waals surface area contributed by atoms with E-state index < -0.39 is 5.60 Å². The van der Waals surface area contributed by atoms with Gasteiger partial charge in [0.2, 0.25) is 0 Å². The number of benzene rings is 1. The molecule has 1 N–H and O–H groups in total. The number of hydrogen-bond acceptors (Lipinski definition) is 4. The van der Waals surface area contributed by atoms with Crippen molar-refractivity contribution in [3.05, 3.63) is 29.8 Å². The van der Waals surface area contributed by atoms with Gasteiger partial charge in [0, 0.05) is 18.7 Å². The van der Waals surface area contributed by atoms with Gasteiger partial charge in [0.05, 0.1) is 17.8 Å². The Hall–Kier alpha value is -1.55. The Bertz CT molecular complexity index is 501. The fraction of sp³-hybridized carbons (Fsp3) is 0.650. The first-order valence-corrected chi connectivity index (χ1v) is 8.84. The standard InChI is InChI=1S/C20H33NO3/c1-7-8-14-21-17-11-9-16(10-12-17)18(22)24-20(5,6)13-15-23-19(2,3)4/h9-12,21H,7-8,13-15H2,1-6H3. The summed E-state index contributed by atoms with van der Waals surface area (Å²) in [5, 5.41) is 3.33. The smallest absolute Gasteiger partial charge is 0.338 e. The summed E-state index contributed by atoms with van der Waals surface area (Å²) in [5.41, 5.74) is 0.861. The monoisotopic (exact) mass is 335 g/mol. The van der Waals surface area contributed by atoms with Crippen molar-refractivity contribution in [2.75, 3.05) is 18.5 Å². The lowest BCUT2D eigenvalue weighted by atomic mass is 10.1. The molecule has 4 nitrogen and oxygen atoms in total. The van der Waals surface area contributed by atoms with E-state index in [0.717, 1.165) is 25.1 Å². The average molecular weight is 335 g/mol. The molecule has 0 saturated heterocycles. The minimum absolute atomic E-state index is 0.180. The van der Waals surface area contributed by atoms with Crippen LogP contribution >= 0.6 is 0 Å². The van der Waals surface area contributed by atoms with Crippen LogP contribution in [0.25, 0.3) is 0 Å². The van der Waals surface area contributed by atoms with Gasteiger partial charge < -0.3 is 14.8 Å². The highest BCUT2D eigenvalue weighted by atomic mass is 16.6. The van der Waals surface area contributed by atoms with E-state index in [9.17, 15) is 4.79 Å². The maximum atomic E-state index is 12.3. The van der Waals surface area contributed by atoms with Crippen molar-refractivity contribution in [3.8, 4) is 0 Å². The Morgan fingerprint density at radius 3 is 2.25 bits per heavy atom. The fourth-order valence-corrected chi connectivity index (χ4v) is 2.10. The number of carbonyl (C=O) groups is 1. The molecule has 0 aliphatic rings. The zero-order valence-corrected chi connectivity index (χ0v) is 16.1. The molecular formula is C20H33NO3. The molecule has 24 heavy (non-hydrogen) atoms. The molecule has 1 rings (SSSR count). The molecule has 4 heteroatoms. The molecule has 0 heterocycles. The van der Waals surface area contributed by atoms with Crippen molar-refractivity contribution in [1.82, 2.24) is 0 Å². The summed E-state index contributed by atoms with van der Waals surface area (Å²) in [7, 11) is 0. The summed E-state index contributed by atoms with van der Waals surface area (Å²) < 4.78 is 11.4. The van der Waals surface area contributed by atoms with E-state index in [1.54, 1.807) is 12.1 Å². The van der Waals surface area contributed by atoms with E-state index in [1.165, 1.54) is 0 Å². The maximum absolute atomic E-state index is 12.3. The summed E-state index contributed by atoms with van der Waals surface area (Å²) >= 11 is 0. The van der Waals surface area contributed by atoms with Crippen LogP contribution in [0.1, 0.15) is 71.2 Å². The highest BCUT2D eigenvalue weighted by Gasteiger charge is 2.24. The maximum Gasteiger partial charge on any atom is 0.338 e. The lowest BCUT2D eigenvalue weighted by Crippen LogP contribution is -2.31. The van der Waals surface area contributed by atoms with Crippen LogP contribution in [-0.4, -0.2) is 30.3 Å². The van der Waals surface area contributed by atoms with Crippen molar-refractivity contribution in [2.45, 2.75) is 72.0 Å². The minimum Gasteiger partial charge on any atom is -0.456 e. The van der Waals surface area contributed by atoms with Crippen molar-refractivity contribution in [3.63, 3.8) is 0 Å². The SMILES string of the molecule is CCCCNc1ccc(C(=O)OC(C)(C)CCOC(C)(C)C)cc1. The third kappa shape index (κ3) is 8.34. The van der Waals surface area contributed by atoms with Crippen LogP contribution in [0.15, 0.2) is 24.3 Å². The van der Waals surface area contributed by atoms with Gasteiger partial charge in [-0.2, -0.15) is 0 Å². The van der Waals surface area contributed by atoms with Gasteiger partial charge in [-0.05, 0) is 65.3 Å². The first-order valence-electron chi connectivity index (χ1n) is 8.84. The van der Waals surface area contributed by atoms with Gasteiger partial charge in [-0.1, -0.05) is 13.3 Å². The number of ether oxygens (including phenoxy) is 2. The number of esters is 1. The molecule has 1 aromatic rings. The van der Waals surface area contributed by atoms with Crippen LogP contribution in [0.3, 0.4) is 0 Å². The Kier molecular flexibility index (Phi) is 7.74. The Morgan fingerprint density at radius 2 is 1.71 bits per heavy atom. The molecule has 0 saturated carbocycles. The van der Waals surface area contributed by atoms with E-state index >= 15 is 0 Å². The zero-order chi connectivity index (χ0) is 18.2. The van der Waals surface area contributed by atoms with E-state index in [4.69, 9.17) is 9.47 Å². The quantitative estimate of drug-likeness (QED) is 0.507. The van der Waals surface area contributed by atoms with E-state index in [1.807, 2.05) is 46.8 Å². The van der Waals surface area contributed by atoms with Gasteiger partial charge in [-0.3, -0.25) is 0 Å². The second kappa shape index (κ2) is 9.07. The summed E-state index contributed by atoms with van der Waals surface area (Å²) in [6.07, 6.45) is 2.95. The molecule has 0 aromatic heterocycles. The van der Waals surface area contributed by atoms with Crippen LogP contribution in [0.5, 0.6) is 0 Å². The number of unbranched alkanes of at least 4 members (excludes halogenated alkanes) is 1. The lowest BCUT2D eigenvalue weighted by molar-refractivity contribution is -0.0474. The normalized spacial score (nSPS) is 12.1. The Balaban J connectivity index is 2.50. The molecule has 0 unspecified atom stereocenters. The zero-order valence-electron chi connectivity index (χ0n) is 16.1. The highest BCUT2D eigenvalue weighted by molar-refractivity contribution is 5.90. The molecule has 0 amide bonds. The number of rotatable bonds is 9. The van der Waals surface area contributed by atoms with Gasteiger partial charge in [0.1, 0.15) is 5.60 Å². The number of nitrogens with one attached hydrogen (secondary N) is 1. The third-order valence-corrected chi connectivity index (χ3v) is 3.59. The molecule has 0 radical (unpaired) electrons. The molecule has 0 spiro atoms. The second-order valence-corrected chi connectivity index (χ2v) is 7.72. The third-order valence-electron chi connectivity index (χ3n) is 3.59. The summed E-state index contributed by atoms with van der Waals surface area (Å²) in [6.45, 7) is 13.5. The van der Waals surface area contributed by atoms with Crippen LogP contribution < -0.4 is 5.32 Å². The first kappa shape index (κ1) is 20.5. The van der Waals surface area contributed by atoms with Crippen molar-refractivity contribution >= 4 is 11.7 Å². The second-order valence-electron chi connectivity index (χ2n) is 7.72.